The number of hydrogen-bond acceptors (Lipinski definition) is 4. The molecule has 1 aromatic rings. The number of halogens is 1. The summed E-state index contributed by atoms with van der Waals surface area (Å²) in [4.78, 5) is 13.7. The summed E-state index contributed by atoms with van der Waals surface area (Å²) < 4.78 is 24.4. The van der Waals surface area contributed by atoms with Crippen LogP contribution in [-0.2, 0) is 20.8 Å². The van der Waals surface area contributed by atoms with Gasteiger partial charge in [0.25, 0.3) is 0 Å². The molecule has 2 fully saturated rings. The maximum atomic E-state index is 13.8. The van der Waals surface area contributed by atoms with Crippen molar-refractivity contribution in [3.8, 4) is 0 Å². The fraction of sp³-hybridized carbons (Fsp3) is 0.588. The molecule has 1 aromatic carbocycles. The average Bonchev–Trinajstić information content (AvgIpc) is 3.08. The molecule has 126 valence electrons. The summed E-state index contributed by atoms with van der Waals surface area (Å²) in [6.45, 7) is 3.67. The number of ether oxygens (including phenoxy) is 2. The molecule has 0 radical (unpaired) electrons. The molecule has 1 N–H and O–H groups in total. The van der Waals surface area contributed by atoms with E-state index in [1.807, 2.05) is 12.1 Å². The minimum atomic E-state index is -0.158. The first-order valence-corrected chi connectivity index (χ1v) is 8.00. The van der Waals surface area contributed by atoms with Gasteiger partial charge in [-0.1, -0.05) is 18.2 Å². The van der Waals surface area contributed by atoms with E-state index >= 15 is 0 Å². The van der Waals surface area contributed by atoms with Crippen LogP contribution < -0.4 is 5.32 Å². The molecular weight excluding hydrogens is 299 g/mol. The maximum absolute atomic E-state index is 13.8. The molecule has 0 unspecified atom stereocenters. The molecule has 0 saturated carbocycles. The van der Waals surface area contributed by atoms with E-state index in [2.05, 4.69) is 10.2 Å². The number of carbonyl (C=O) groups excluding carboxylic acids is 1. The normalized spacial score (nSPS) is 27.1. The summed E-state index contributed by atoms with van der Waals surface area (Å²) >= 11 is 0. The van der Waals surface area contributed by atoms with Crippen LogP contribution in [0.2, 0.25) is 0 Å². The van der Waals surface area contributed by atoms with Gasteiger partial charge in [-0.2, -0.15) is 0 Å². The number of hydrogen-bond donors (Lipinski definition) is 1. The van der Waals surface area contributed by atoms with Gasteiger partial charge in [0.05, 0.1) is 12.7 Å². The highest BCUT2D eigenvalue weighted by molar-refractivity contribution is 5.77. The minimum Gasteiger partial charge on any atom is -0.376 e. The summed E-state index contributed by atoms with van der Waals surface area (Å²) in [5.74, 6) is 0.446. The van der Waals surface area contributed by atoms with Gasteiger partial charge in [0.2, 0.25) is 5.91 Å². The highest BCUT2D eigenvalue weighted by Gasteiger charge is 2.43. The molecule has 6 heteroatoms. The predicted octanol–water partition coefficient (Wildman–Crippen LogP) is 1.04. The molecule has 0 aliphatic carbocycles. The Morgan fingerprint density at radius 1 is 1.43 bits per heavy atom. The zero-order chi connectivity index (χ0) is 16.2. The molecule has 5 nitrogen and oxygen atoms in total. The van der Waals surface area contributed by atoms with Crippen LogP contribution in [-0.4, -0.2) is 56.9 Å². The Kier molecular flexibility index (Phi) is 5.25. The molecular formula is C17H23FN2O3. The number of carbonyl (C=O) groups is 1. The zero-order valence-corrected chi connectivity index (χ0v) is 13.3. The van der Waals surface area contributed by atoms with E-state index in [1.54, 1.807) is 6.07 Å². The Labute approximate surface area is 135 Å². The lowest BCUT2D eigenvalue weighted by atomic mass is 9.93. The third-order valence-electron chi connectivity index (χ3n) is 4.70. The number of rotatable bonds is 6. The number of likely N-dealkylation sites (tertiary alicyclic amines) is 1. The number of nitrogens with one attached hydrogen (secondary N) is 1. The molecule has 0 spiro atoms. The number of fused-ring (bicyclic) bond motifs is 1. The Hall–Kier alpha value is -1.50. The number of nitrogens with zero attached hydrogens (tertiary/aromatic N) is 1. The highest BCUT2D eigenvalue weighted by Crippen LogP contribution is 2.34. The van der Waals surface area contributed by atoms with Crippen molar-refractivity contribution < 1.29 is 18.7 Å². The van der Waals surface area contributed by atoms with Gasteiger partial charge >= 0.3 is 0 Å². The van der Waals surface area contributed by atoms with Crippen molar-refractivity contribution in [3.63, 3.8) is 0 Å². The van der Waals surface area contributed by atoms with Crippen molar-refractivity contribution in [1.29, 1.82) is 0 Å². The second-order valence-corrected chi connectivity index (χ2v) is 6.32. The fourth-order valence-corrected chi connectivity index (χ4v) is 3.51. The molecule has 2 aliphatic rings. The second-order valence-electron chi connectivity index (χ2n) is 6.32. The van der Waals surface area contributed by atoms with Gasteiger partial charge in [-0.05, 0) is 6.07 Å². The molecule has 0 bridgehead atoms. The number of methoxy groups -OCH3 is 1. The summed E-state index contributed by atoms with van der Waals surface area (Å²) in [7, 11) is 1.51. The molecule has 3 rings (SSSR count). The van der Waals surface area contributed by atoms with Gasteiger partial charge in [0.1, 0.15) is 12.4 Å². The smallest absolute Gasteiger partial charge is 0.245 e. The number of amides is 1. The lowest BCUT2D eigenvalue weighted by Gasteiger charge is -2.20. The third-order valence-corrected chi connectivity index (χ3v) is 4.70. The minimum absolute atomic E-state index is 0.0844. The van der Waals surface area contributed by atoms with Gasteiger partial charge in [-0.15, -0.1) is 0 Å². The van der Waals surface area contributed by atoms with Crippen LogP contribution in [0.25, 0.3) is 0 Å². The predicted molar refractivity (Wildman–Crippen MR) is 83.3 cm³/mol. The summed E-state index contributed by atoms with van der Waals surface area (Å²) in [6, 6.07) is 6.89. The van der Waals surface area contributed by atoms with Crippen LogP contribution in [0.5, 0.6) is 0 Å². The van der Waals surface area contributed by atoms with E-state index in [1.165, 1.54) is 13.2 Å². The first-order valence-electron chi connectivity index (χ1n) is 8.00. The quantitative estimate of drug-likeness (QED) is 0.850. The van der Waals surface area contributed by atoms with Gasteiger partial charge in [-0.3, -0.25) is 9.69 Å². The van der Waals surface area contributed by atoms with Crippen molar-refractivity contribution in [1.82, 2.24) is 10.2 Å². The summed E-state index contributed by atoms with van der Waals surface area (Å²) in [5, 5.41) is 2.89. The number of benzene rings is 1. The standard InChI is InChI=1S/C17H23FN2O3/c1-22-11-17(21)19-6-13-10-23-16-9-20(8-14(13)16)7-12-4-2-3-5-15(12)18/h2-5,13-14,16H,6-11H2,1H3,(H,19,21)/t13-,14+,16+/m1/s1. The SMILES string of the molecule is COCC(=O)NC[C@@H]1CO[C@H]2CN(Cc3ccccc3F)C[C@@H]12. The molecule has 0 aromatic heterocycles. The fourth-order valence-electron chi connectivity index (χ4n) is 3.51. The molecule has 1 amide bonds. The zero-order valence-electron chi connectivity index (χ0n) is 13.3. The molecule has 2 saturated heterocycles. The molecule has 3 atom stereocenters. The third kappa shape index (κ3) is 3.88. The largest absolute Gasteiger partial charge is 0.376 e. The Balaban J connectivity index is 1.52. The average molecular weight is 322 g/mol. The van der Waals surface area contributed by atoms with E-state index in [0.29, 0.717) is 31.5 Å². The van der Waals surface area contributed by atoms with E-state index in [-0.39, 0.29) is 24.4 Å². The molecule has 2 heterocycles. The van der Waals surface area contributed by atoms with Crippen molar-refractivity contribution in [2.45, 2.75) is 12.6 Å². The molecule has 23 heavy (non-hydrogen) atoms. The van der Waals surface area contributed by atoms with Gasteiger partial charge in [-0.25, -0.2) is 4.39 Å². The lowest BCUT2D eigenvalue weighted by Crippen LogP contribution is -2.35. The topological polar surface area (TPSA) is 50.8 Å². The van der Waals surface area contributed by atoms with Crippen molar-refractivity contribution in [2.24, 2.45) is 11.8 Å². The van der Waals surface area contributed by atoms with E-state index in [9.17, 15) is 9.18 Å². The summed E-state index contributed by atoms with van der Waals surface area (Å²) in [5.41, 5.74) is 0.720. The van der Waals surface area contributed by atoms with Crippen LogP contribution in [0.4, 0.5) is 4.39 Å². The van der Waals surface area contributed by atoms with Crippen molar-refractivity contribution in [3.05, 3.63) is 35.6 Å². The van der Waals surface area contributed by atoms with Crippen LogP contribution in [0.15, 0.2) is 24.3 Å². The van der Waals surface area contributed by atoms with Gasteiger partial charge in [0, 0.05) is 50.7 Å². The second kappa shape index (κ2) is 7.38. The Morgan fingerprint density at radius 3 is 3.04 bits per heavy atom. The molecule has 2 aliphatic heterocycles. The lowest BCUT2D eigenvalue weighted by molar-refractivity contribution is -0.124. The van der Waals surface area contributed by atoms with E-state index in [4.69, 9.17) is 9.47 Å². The first-order chi connectivity index (χ1) is 11.2. The monoisotopic (exact) mass is 322 g/mol. The van der Waals surface area contributed by atoms with Crippen molar-refractivity contribution in [2.75, 3.05) is 40.0 Å². The highest BCUT2D eigenvalue weighted by atomic mass is 19.1. The maximum Gasteiger partial charge on any atom is 0.245 e. The van der Waals surface area contributed by atoms with Crippen LogP contribution >= 0.6 is 0 Å². The van der Waals surface area contributed by atoms with Crippen molar-refractivity contribution >= 4 is 5.91 Å². The van der Waals surface area contributed by atoms with Crippen LogP contribution in [0.1, 0.15) is 5.56 Å². The van der Waals surface area contributed by atoms with Gasteiger partial charge in [0.15, 0.2) is 0 Å². The van der Waals surface area contributed by atoms with Crippen LogP contribution in [0, 0.1) is 17.7 Å². The Morgan fingerprint density at radius 2 is 2.26 bits per heavy atom. The Bertz CT molecular complexity index is 554. The van der Waals surface area contributed by atoms with E-state index < -0.39 is 0 Å². The van der Waals surface area contributed by atoms with Gasteiger partial charge < -0.3 is 14.8 Å². The first kappa shape index (κ1) is 16.4. The van der Waals surface area contributed by atoms with Crippen LogP contribution in [0.3, 0.4) is 0 Å². The summed E-state index contributed by atoms with van der Waals surface area (Å²) in [6.07, 6.45) is 0.186. The van der Waals surface area contributed by atoms with E-state index in [0.717, 1.165) is 18.7 Å².